The molecule has 1 aromatic carbocycles. The summed E-state index contributed by atoms with van der Waals surface area (Å²) in [6, 6.07) is 3.09. The summed E-state index contributed by atoms with van der Waals surface area (Å²) in [6.07, 6.45) is -9.68. The topological polar surface area (TPSA) is 61.2 Å². The van der Waals surface area contributed by atoms with Crippen LogP contribution in [0.5, 0.6) is 0 Å². The smallest absolute Gasteiger partial charge is 0.419 e. The van der Waals surface area contributed by atoms with E-state index >= 15 is 0 Å². The first-order valence-corrected chi connectivity index (χ1v) is 7.01. The highest BCUT2D eigenvalue weighted by Gasteiger charge is 2.38. The van der Waals surface area contributed by atoms with E-state index in [4.69, 9.17) is 0 Å². The number of carbonyl (C=O) groups is 1. The molecule has 0 saturated heterocycles. The van der Waals surface area contributed by atoms with Crippen LogP contribution < -0.4 is 5.56 Å². The van der Waals surface area contributed by atoms with Crippen molar-refractivity contribution in [3.05, 3.63) is 57.5 Å². The van der Waals surface area contributed by atoms with Gasteiger partial charge < -0.3 is 4.74 Å². The highest BCUT2D eigenvalue weighted by atomic mass is 19.4. The summed E-state index contributed by atoms with van der Waals surface area (Å²) in [5.74, 6) is -1.42. The number of esters is 1. The van der Waals surface area contributed by atoms with Crippen LogP contribution in [0.25, 0.3) is 5.69 Å². The Labute approximate surface area is 141 Å². The Hall–Kier alpha value is -2.85. The first kappa shape index (κ1) is 19.5. The predicted molar refractivity (Wildman–Crippen MR) is 75.8 cm³/mol. The first-order chi connectivity index (χ1) is 11.9. The van der Waals surface area contributed by atoms with Crippen LogP contribution in [0.4, 0.5) is 26.3 Å². The summed E-state index contributed by atoms with van der Waals surface area (Å²) in [7, 11) is 0. The molecule has 1 heterocycles. The standard InChI is InChI=1S/C15H10F6N2O3/c1-2-26-13(25)12-10(15(19,20)21)7-11(24)23(22-12)9-5-3-8(4-6-9)14(16,17)18/h3-7H,2H2,1H3. The maximum atomic E-state index is 13.0. The second-order valence-corrected chi connectivity index (χ2v) is 4.92. The summed E-state index contributed by atoms with van der Waals surface area (Å²) in [5.41, 5.74) is -5.30. The Morgan fingerprint density at radius 2 is 1.65 bits per heavy atom. The number of alkyl halides is 6. The molecule has 5 nitrogen and oxygen atoms in total. The van der Waals surface area contributed by atoms with Gasteiger partial charge in [-0.05, 0) is 31.2 Å². The first-order valence-electron chi connectivity index (χ1n) is 7.01. The number of nitrogens with zero attached hydrogens (tertiary/aromatic N) is 2. The summed E-state index contributed by atoms with van der Waals surface area (Å²) < 4.78 is 81.7. The van der Waals surface area contributed by atoms with Gasteiger partial charge in [-0.2, -0.15) is 36.1 Å². The minimum Gasteiger partial charge on any atom is -0.461 e. The van der Waals surface area contributed by atoms with Crippen LogP contribution in [0.3, 0.4) is 0 Å². The predicted octanol–water partition coefficient (Wildman–Crippen LogP) is 3.45. The van der Waals surface area contributed by atoms with Crippen LogP contribution in [0, 0.1) is 0 Å². The number of carbonyl (C=O) groups excluding carboxylic acids is 1. The van der Waals surface area contributed by atoms with Gasteiger partial charge in [-0.1, -0.05) is 0 Å². The van der Waals surface area contributed by atoms with Crippen molar-refractivity contribution in [2.75, 3.05) is 6.61 Å². The molecule has 26 heavy (non-hydrogen) atoms. The van der Waals surface area contributed by atoms with Gasteiger partial charge in [0, 0.05) is 6.07 Å². The van der Waals surface area contributed by atoms with E-state index < -0.39 is 40.7 Å². The lowest BCUT2D eigenvalue weighted by Gasteiger charge is -2.14. The number of rotatable bonds is 3. The van der Waals surface area contributed by atoms with E-state index in [-0.39, 0.29) is 18.4 Å². The summed E-state index contributed by atoms with van der Waals surface area (Å²) >= 11 is 0. The van der Waals surface area contributed by atoms with Gasteiger partial charge >= 0.3 is 18.3 Å². The third-order valence-electron chi connectivity index (χ3n) is 3.15. The monoisotopic (exact) mass is 380 g/mol. The van der Waals surface area contributed by atoms with Crippen molar-refractivity contribution in [3.8, 4) is 5.69 Å². The number of hydrogen-bond acceptors (Lipinski definition) is 4. The molecule has 0 amide bonds. The fourth-order valence-corrected chi connectivity index (χ4v) is 2.00. The van der Waals surface area contributed by atoms with Crippen LogP contribution in [0.2, 0.25) is 0 Å². The third kappa shape index (κ3) is 4.03. The molecule has 0 spiro atoms. The quantitative estimate of drug-likeness (QED) is 0.605. The Morgan fingerprint density at radius 1 is 1.08 bits per heavy atom. The molecule has 11 heteroatoms. The molecule has 0 aliphatic heterocycles. The van der Waals surface area contributed by atoms with Crippen molar-refractivity contribution in [2.24, 2.45) is 0 Å². The van der Waals surface area contributed by atoms with Crippen LogP contribution in [0.1, 0.15) is 28.5 Å². The van der Waals surface area contributed by atoms with Gasteiger partial charge in [0.05, 0.1) is 23.4 Å². The minimum atomic E-state index is -5.05. The second-order valence-electron chi connectivity index (χ2n) is 4.92. The highest BCUT2D eigenvalue weighted by Crippen LogP contribution is 2.31. The molecule has 0 fully saturated rings. The van der Waals surface area contributed by atoms with E-state index in [1.807, 2.05) is 0 Å². The molecule has 0 saturated carbocycles. The Balaban J connectivity index is 2.62. The lowest BCUT2D eigenvalue weighted by Crippen LogP contribution is -2.28. The van der Waals surface area contributed by atoms with Crippen LogP contribution in [0.15, 0.2) is 35.1 Å². The largest absolute Gasteiger partial charge is 0.461 e. The number of halogens is 6. The zero-order chi connectivity index (χ0) is 19.7. The fraction of sp³-hybridized carbons (Fsp3) is 0.267. The Morgan fingerprint density at radius 3 is 2.12 bits per heavy atom. The maximum absolute atomic E-state index is 13.0. The zero-order valence-electron chi connectivity index (χ0n) is 13.0. The average Bonchev–Trinajstić information content (AvgIpc) is 2.53. The summed E-state index contributed by atoms with van der Waals surface area (Å²) in [5, 5.41) is 3.35. The van der Waals surface area contributed by atoms with Gasteiger partial charge in [0.1, 0.15) is 0 Å². The van der Waals surface area contributed by atoms with Crippen molar-refractivity contribution < 1.29 is 35.9 Å². The third-order valence-corrected chi connectivity index (χ3v) is 3.15. The molecule has 0 aliphatic carbocycles. The molecule has 0 unspecified atom stereocenters. The molecule has 0 aliphatic rings. The van der Waals surface area contributed by atoms with Gasteiger partial charge in [-0.3, -0.25) is 4.79 Å². The minimum absolute atomic E-state index is 0.136. The number of hydrogen-bond donors (Lipinski definition) is 0. The van der Waals surface area contributed by atoms with Crippen molar-refractivity contribution in [2.45, 2.75) is 19.3 Å². The molecular weight excluding hydrogens is 370 g/mol. The van der Waals surface area contributed by atoms with Gasteiger partial charge in [0.25, 0.3) is 5.56 Å². The number of ether oxygens (including phenoxy) is 1. The molecule has 0 N–H and O–H groups in total. The Bertz CT molecular complexity index is 869. The summed E-state index contributed by atoms with van der Waals surface area (Å²) in [6.45, 7) is 1.12. The van der Waals surface area contributed by atoms with E-state index in [0.29, 0.717) is 16.8 Å². The van der Waals surface area contributed by atoms with Crippen molar-refractivity contribution in [1.82, 2.24) is 9.78 Å². The normalized spacial score (nSPS) is 12.1. The highest BCUT2D eigenvalue weighted by molar-refractivity contribution is 5.89. The van der Waals surface area contributed by atoms with Crippen LogP contribution >= 0.6 is 0 Å². The molecule has 1 aromatic heterocycles. The van der Waals surface area contributed by atoms with Crippen LogP contribution in [-0.4, -0.2) is 22.4 Å². The number of aromatic nitrogens is 2. The van der Waals surface area contributed by atoms with Gasteiger partial charge in [0.15, 0.2) is 5.69 Å². The van der Waals surface area contributed by atoms with Gasteiger partial charge in [-0.15, -0.1) is 0 Å². The molecule has 140 valence electrons. The lowest BCUT2D eigenvalue weighted by molar-refractivity contribution is -0.139. The van der Waals surface area contributed by atoms with Crippen molar-refractivity contribution >= 4 is 5.97 Å². The molecule has 0 bridgehead atoms. The van der Waals surface area contributed by atoms with E-state index in [1.54, 1.807) is 0 Å². The Kier molecular flexibility index (Phi) is 5.10. The number of benzene rings is 1. The van der Waals surface area contributed by atoms with E-state index in [0.717, 1.165) is 12.1 Å². The molecular formula is C15H10F6N2O3. The summed E-state index contributed by atoms with van der Waals surface area (Å²) in [4.78, 5) is 23.7. The zero-order valence-corrected chi connectivity index (χ0v) is 13.0. The molecule has 0 atom stereocenters. The van der Waals surface area contributed by atoms with Gasteiger partial charge in [-0.25, -0.2) is 4.79 Å². The fourth-order valence-electron chi connectivity index (χ4n) is 2.00. The molecule has 0 radical (unpaired) electrons. The van der Waals surface area contributed by atoms with E-state index in [9.17, 15) is 35.9 Å². The average molecular weight is 380 g/mol. The second kappa shape index (κ2) is 6.81. The van der Waals surface area contributed by atoms with Crippen molar-refractivity contribution in [3.63, 3.8) is 0 Å². The SMILES string of the molecule is CCOC(=O)c1nn(-c2ccc(C(F)(F)F)cc2)c(=O)cc1C(F)(F)F. The van der Waals surface area contributed by atoms with Crippen molar-refractivity contribution in [1.29, 1.82) is 0 Å². The van der Waals surface area contributed by atoms with Gasteiger partial charge in [0.2, 0.25) is 0 Å². The van der Waals surface area contributed by atoms with E-state index in [2.05, 4.69) is 9.84 Å². The molecule has 2 rings (SSSR count). The maximum Gasteiger partial charge on any atom is 0.419 e. The van der Waals surface area contributed by atoms with Crippen LogP contribution in [-0.2, 0) is 17.1 Å². The van der Waals surface area contributed by atoms with E-state index in [1.165, 1.54) is 6.92 Å². The molecule has 2 aromatic rings. The lowest BCUT2D eigenvalue weighted by atomic mass is 10.2.